The summed E-state index contributed by atoms with van der Waals surface area (Å²) in [6.07, 6.45) is 16.1. The number of allylic oxidation sites excluding steroid dienone is 8. The molecule has 3 atom stereocenters. The van der Waals surface area contributed by atoms with Crippen LogP contribution < -0.4 is 4.90 Å². The van der Waals surface area contributed by atoms with Gasteiger partial charge in [0, 0.05) is 33.3 Å². The van der Waals surface area contributed by atoms with Gasteiger partial charge < -0.3 is 9.32 Å². The van der Waals surface area contributed by atoms with Gasteiger partial charge in [0.2, 0.25) is 0 Å². The molecule has 0 amide bonds. The van der Waals surface area contributed by atoms with Crippen molar-refractivity contribution in [2.75, 3.05) is 4.90 Å². The number of fused-ring (bicyclic) bond motifs is 14. The lowest BCUT2D eigenvalue weighted by molar-refractivity contribution is 0.669. The lowest BCUT2D eigenvalue weighted by Gasteiger charge is -2.33. The van der Waals surface area contributed by atoms with Crippen LogP contribution in [-0.4, -0.2) is 0 Å². The Kier molecular flexibility index (Phi) is 8.55. The van der Waals surface area contributed by atoms with Gasteiger partial charge in [0.1, 0.15) is 11.2 Å². The highest BCUT2D eigenvalue weighted by molar-refractivity contribution is 6.13. The van der Waals surface area contributed by atoms with Gasteiger partial charge in [-0.3, -0.25) is 0 Å². The van der Waals surface area contributed by atoms with Crippen LogP contribution >= 0.6 is 0 Å². The van der Waals surface area contributed by atoms with E-state index in [0.29, 0.717) is 11.8 Å². The van der Waals surface area contributed by atoms with E-state index in [2.05, 4.69) is 231 Å². The van der Waals surface area contributed by atoms with Crippen LogP contribution in [0.25, 0.3) is 66.5 Å². The van der Waals surface area contributed by atoms with Gasteiger partial charge in [-0.1, -0.05) is 190 Å². The molecule has 9 aromatic rings. The molecule has 0 aliphatic heterocycles. The molecule has 0 radical (unpaired) electrons. The van der Waals surface area contributed by atoms with Gasteiger partial charge >= 0.3 is 0 Å². The lowest BCUT2D eigenvalue weighted by Crippen LogP contribution is -2.26. The molecule has 4 aliphatic carbocycles. The second-order valence-corrected chi connectivity index (χ2v) is 18.4. The maximum Gasteiger partial charge on any atom is 0.143 e. The molecule has 2 heteroatoms. The van der Waals surface area contributed by atoms with Gasteiger partial charge in [0.15, 0.2) is 0 Å². The molecule has 13 rings (SSSR count). The molecular formula is C63H47NO. The molecule has 0 N–H and O–H groups in total. The number of rotatable bonds is 6. The molecule has 1 heterocycles. The summed E-state index contributed by atoms with van der Waals surface area (Å²) >= 11 is 0. The van der Waals surface area contributed by atoms with Crippen LogP contribution in [0.15, 0.2) is 217 Å². The van der Waals surface area contributed by atoms with Gasteiger partial charge in [-0.15, -0.1) is 0 Å². The van der Waals surface area contributed by atoms with Crippen LogP contribution in [0.1, 0.15) is 60.1 Å². The zero-order valence-electron chi connectivity index (χ0n) is 36.6. The predicted octanol–water partition coefficient (Wildman–Crippen LogP) is 17.0. The molecular weight excluding hydrogens is 787 g/mol. The van der Waals surface area contributed by atoms with Crippen molar-refractivity contribution in [1.82, 2.24) is 0 Å². The van der Waals surface area contributed by atoms with E-state index in [1.807, 2.05) is 0 Å². The van der Waals surface area contributed by atoms with Crippen molar-refractivity contribution < 1.29 is 4.42 Å². The minimum absolute atomic E-state index is 0.570. The predicted molar refractivity (Wildman–Crippen MR) is 272 cm³/mol. The van der Waals surface area contributed by atoms with Crippen LogP contribution in [-0.2, 0) is 5.41 Å². The second kappa shape index (κ2) is 14.7. The standard InChI is InChI=1S/C63H47NO/c1-40-22-26-42(27-23-40)44-30-34-46(35-31-44)64(47-36-32-45(33-37-47)43-28-24-41(2)25-29-43)58-20-9-5-13-49(58)52-17-11-16-51-48-12-3-7-18-55(48)63(61(51)52)56-19-8-4-15-54(56)60-57(63)39-38-53-50-14-6-10-21-59(50)65-62(53)60/h3-22,24,26-41H,23,25H2,1-2H3. The van der Waals surface area contributed by atoms with E-state index in [9.17, 15) is 0 Å². The van der Waals surface area contributed by atoms with Crippen LogP contribution in [0, 0.1) is 11.8 Å². The molecule has 0 saturated carbocycles. The summed E-state index contributed by atoms with van der Waals surface area (Å²) in [6.45, 7) is 4.56. The molecule has 2 nitrogen and oxygen atoms in total. The van der Waals surface area contributed by atoms with Crippen molar-refractivity contribution in [1.29, 1.82) is 0 Å². The first-order valence-electron chi connectivity index (χ1n) is 23.2. The highest BCUT2D eigenvalue weighted by atomic mass is 16.3. The van der Waals surface area contributed by atoms with E-state index >= 15 is 0 Å². The van der Waals surface area contributed by atoms with Crippen LogP contribution in [0.2, 0.25) is 0 Å². The number of hydrogen-bond donors (Lipinski definition) is 0. The van der Waals surface area contributed by atoms with Crippen molar-refractivity contribution in [2.24, 2.45) is 11.8 Å². The fourth-order valence-electron chi connectivity index (χ4n) is 11.5. The highest BCUT2D eigenvalue weighted by Gasteiger charge is 2.53. The van der Waals surface area contributed by atoms with Gasteiger partial charge in [-0.2, -0.15) is 0 Å². The molecule has 0 saturated heterocycles. The summed E-state index contributed by atoms with van der Waals surface area (Å²) in [5, 5.41) is 2.30. The molecule has 3 unspecified atom stereocenters. The number of anilines is 3. The summed E-state index contributed by atoms with van der Waals surface area (Å²) in [4.78, 5) is 2.46. The Morgan fingerprint density at radius 2 is 1.00 bits per heavy atom. The molecule has 8 aromatic carbocycles. The lowest BCUT2D eigenvalue weighted by atomic mass is 9.68. The topological polar surface area (TPSA) is 16.4 Å². The summed E-state index contributed by atoms with van der Waals surface area (Å²) in [7, 11) is 0. The Morgan fingerprint density at radius 3 is 1.65 bits per heavy atom. The van der Waals surface area contributed by atoms with Crippen LogP contribution in [0.4, 0.5) is 17.1 Å². The smallest absolute Gasteiger partial charge is 0.143 e. The van der Waals surface area contributed by atoms with Crippen molar-refractivity contribution >= 4 is 50.1 Å². The van der Waals surface area contributed by atoms with E-state index in [-0.39, 0.29) is 0 Å². The molecule has 4 aliphatic rings. The molecule has 65 heavy (non-hydrogen) atoms. The van der Waals surface area contributed by atoms with Crippen LogP contribution in [0.5, 0.6) is 0 Å². The molecule has 310 valence electrons. The van der Waals surface area contributed by atoms with Crippen molar-refractivity contribution in [3.63, 3.8) is 0 Å². The van der Waals surface area contributed by atoms with Gasteiger partial charge in [0.05, 0.1) is 11.1 Å². The summed E-state index contributed by atoms with van der Waals surface area (Å²) in [5.41, 5.74) is 22.3. The van der Waals surface area contributed by atoms with Gasteiger partial charge in [-0.05, 0) is 128 Å². The number of para-hydroxylation sites is 2. The zero-order valence-corrected chi connectivity index (χ0v) is 36.6. The Labute approximate surface area is 380 Å². The first-order valence-corrected chi connectivity index (χ1v) is 23.2. The molecule has 1 spiro atoms. The largest absolute Gasteiger partial charge is 0.455 e. The van der Waals surface area contributed by atoms with Crippen molar-refractivity contribution in [3.8, 4) is 33.4 Å². The van der Waals surface area contributed by atoms with E-state index in [1.165, 1.54) is 77.9 Å². The van der Waals surface area contributed by atoms with Gasteiger partial charge in [0.25, 0.3) is 0 Å². The zero-order chi connectivity index (χ0) is 43.2. The number of hydrogen-bond acceptors (Lipinski definition) is 2. The average molecular weight is 834 g/mol. The van der Waals surface area contributed by atoms with E-state index in [1.54, 1.807) is 0 Å². The minimum atomic E-state index is -0.583. The fraction of sp³-hybridized carbons (Fsp3) is 0.111. The van der Waals surface area contributed by atoms with Gasteiger partial charge in [-0.25, -0.2) is 0 Å². The average Bonchev–Trinajstić information content (AvgIpc) is 4.00. The highest BCUT2D eigenvalue weighted by Crippen LogP contribution is 2.66. The first-order chi connectivity index (χ1) is 32.1. The first kappa shape index (κ1) is 37.8. The van der Waals surface area contributed by atoms with E-state index in [4.69, 9.17) is 4.42 Å². The summed E-state index contributed by atoms with van der Waals surface area (Å²) < 4.78 is 6.88. The van der Waals surface area contributed by atoms with E-state index < -0.39 is 5.41 Å². The molecule has 0 fully saturated rings. The fourth-order valence-corrected chi connectivity index (χ4v) is 11.5. The third kappa shape index (κ3) is 5.66. The molecule has 0 bridgehead atoms. The SMILES string of the molecule is CC1C=CC(c2ccc(N(c3ccc(C4=CCC(C)C=C4)cc3)c3ccccc3-c3cccc4c3C3(c5ccccc5-4)c4ccccc4-c4c3ccc3c4oc4ccccc43)cc2)=CC1. The Morgan fingerprint density at radius 1 is 0.462 bits per heavy atom. The third-order valence-electron chi connectivity index (χ3n) is 14.6. The normalized spacial score (nSPS) is 18.9. The number of nitrogens with zero attached hydrogens (tertiary/aromatic N) is 1. The molecule has 1 aromatic heterocycles. The number of furan rings is 1. The van der Waals surface area contributed by atoms with E-state index in [0.717, 1.165) is 51.8 Å². The summed E-state index contributed by atoms with van der Waals surface area (Å²) in [6, 6.07) is 65.7. The quantitative estimate of drug-likeness (QED) is 0.166. The Balaban J connectivity index is 1.04. The van der Waals surface area contributed by atoms with Crippen molar-refractivity contribution in [2.45, 2.75) is 32.1 Å². The maximum absolute atomic E-state index is 6.88. The maximum atomic E-state index is 6.88. The Hall–Kier alpha value is -7.68. The number of benzene rings is 8. The second-order valence-electron chi connectivity index (χ2n) is 18.4. The Bertz CT molecular complexity index is 3440. The monoisotopic (exact) mass is 833 g/mol. The minimum Gasteiger partial charge on any atom is -0.455 e. The summed E-state index contributed by atoms with van der Waals surface area (Å²) in [5.74, 6) is 1.14. The third-order valence-corrected chi connectivity index (χ3v) is 14.6. The van der Waals surface area contributed by atoms with Crippen LogP contribution in [0.3, 0.4) is 0 Å². The van der Waals surface area contributed by atoms with Crippen molar-refractivity contribution in [3.05, 3.63) is 246 Å².